The first-order chi connectivity index (χ1) is 28.4. The van der Waals surface area contributed by atoms with Gasteiger partial charge in [0, 0.05) is 66.8 Å². The van der Waals surface area contributed by atoms with Crippen LogP contribution in [-0.4, -0.2) is 0 Å². The van der Waals surface area contributed by atoms with Crippen molar-refractivity contribution >= 4 is 99.5 Å². The maximum Gasteiger partial charge on any atom is 0.139 e. The van der Waals surface area contributed by atoms with Crippen LogP contribution in [0, 0.1) is 27.7 Å². The van der Waals surface area contributed by atoms with Crippen LogP contribution in [0.25, 0.3) is 65.4 Å². The Morgan fingerprint density at radius 3 is 1.16 bits per heavy atom. The molecule has 11 aromatic rings. The number of rotatable bonds is 6. The summed E-state index contributed by atoms with van der Waals surface area (Å²) in [5.41, 5.74) is 14.9. The maximum atomic E-state index is 6.85. The maximum absolute atomic E-state index is 6.85. The third-order valence-electron chi connectivity index (χ3n) is 12.0. The van der Waals surface area contributed by atoms with E-state index in [4.69, 9.17) is 8.83 Å². The summed E-state index contributed by atoms with van der Waals surface area (Å²) in [6.45, 7) is 8.68. The van der Waals surface area contributed by atoms with Crippen molar-refractivity contribution in [2.45, 2.75) is 27.7 Å². The molecule has 58 heavy (non-hydrogen) atoms. The van der Waals surface area contributed by atoms with E-state index >= 15 is 0 Å². The molecule has 11 rings (SSSR count). The minimum Gasteiger partial charge on any atom is -0.456 e. The quantitative estimate of drug-likeness (QED) is 0.170. The van der Waals surface area contributed by atoms with Crippen molar-refractivity contribution in [1.29, 1.82) is 0 Å². The van der Waals surface area contributed by atoms with Gasteiger partial charge in [-0.2, -0.15) is 0 Å². The number of para-hydroxylation sites is 4. The number of furan rings is 2. The summed E-state index contributed by atoms with van der Waals surface area (Å²) < 4.78 is 13.7. The van der Waals surface area contributed by atoms with Gasteiger partial charge in [0.25, 0.3) is 0 Å². The molecule has 0 fully saturated rings. The van der Waals surface area contributed by atoms with E-state index in [-0.39, 0.29) is 0 Å². The van der Waals surface area contributed by atoms with Crippen LogP contribution in [-0.2, 0) is 0 Å². The number of nitrogens with zero attached hydrogens (tertiary/aromatic N) is 2. The van der Waals surface area contributed by atoms with Gasteiger partial charge in [0.05, 0.1) is 0 Å². The Labute approximate surface area is 336 Å². The first kappa shape index (κ1) is 34.0. The Morgan fingerprint density at radius 1 is 0.345 bits per heavy atom. The normalized spacial score (nSPS) is 11.8. The number of hydrogen-bond acceptors (Lipinski definition) is 4. The van der Waals surface area contributed by atoms with Gasteiger partial charge in [-0.1, -0.05) is 84.9 Å². The second-order valence-corrected chi connectivity index (χ2v) is 15.5. The minimum atomic E-state index is 0.875. The SMILES string of the molecule is Cc1ccccc1N(c1ccccc1)c1ccc2cc3c(cc2c1)oc1c(C)c2c(oc4cc5cc(N(c6ccccc6)c6ccccc6C)ccc5cc42)c(C)c13. The van der Waals surface area contributed by atoms with E-state index in [1.54, 1.807) is 0 Å². The molecule has 4 nitrogen and oxygen atoms in total. The highest BCUT2D eigenvalue weighted by molar-refractivity contribution is 6.22. The Kier molecular flexibility index (Phi) is 7.70. The highest BCUT2D eigenvalue weighted by atomic mass is 16.3. The van der Waals surface area contributed by atoms with Gasteiger partial charge < -0.3 is 18.6 Å². The van der Waals surface area contributed by atoms with Crippen molar-refractivity contribution in [3.63, 3.8) is 0 Å². The van der Waals surface area contributed by atoms with Gasteiger partial charge in [-0.25, -0.2) is 0 Å². The molecule has 0 aliphatic rings. The second kappa shape index (κ2) is 13.1. The fourth-order valence-corrected chi connectivity index (χ4v) is 9.07. The van der Waals surface area contributed by atoms with E-state index in [1.165, 1.54) is 11.1 Å². The van der Waals surface area contributed by atoms with Crippen LogP contribution in [0.4, 0.5) is 34.1 Å². The molecule has 2 aromatic heterocycles. The van der Waals surface area contributed by atoms with Crippen molar-refractivity contribution in [3.8, 4) is 0 Å². The van der Waals surface area contributed by atoms with Crippen molar-refractivity contribution in [2.24, 2.45) is 0 Å². The molecule has 0 spiro atoms. The van der Waals surface area contributed by atoms with Crippen LogP contribution in [0.15, 0.2) is 179 Å². The highest BCUT2D eigenvalue weighted by Crippen LogP contribution is 2.46. The molecule has 0 unspecified atom stereocenters. The Balaban J connectivity index is 1.05. The van der Waals surface area contributed by atoms with Gasteiger partial charge >= 0.3 is 0 Å². The molecule has 0 amide bonds. The summed E-state index contributed by atoms with van der Waals surface area (Å²) in [6, 6.07) is 60.7. The molecule has 0 saturated carbocycles. The van der Waals surface area contributed by atoms with Gasteiger partial charge in [0.15, 0.2) is 0 Å². The molecular weight excluding hydrogens is 709 g/mol. The highest BCUT2D eigenvalue weighted by Gasteiger charge is 2.23. The minimum absolute atomic E-state index is 0.875. The molecule has 278 valence electrons. The van der Waals surface area contributed by atoms with Crippen LogP contribution >= 0.6 is 0 Å². The first-order valence-electron chi connectivity index (χ1n) is 19.9. The average Bonchev–Trinajstić information content (AvgIpc) is 3.82. The number of hydrogen-bond donors (Lipinski definition) is 0. The first-order valence-corrected chi connectivity index (χ1v) is 19.9. The molecule has 0 saturated heterocycles. The summed E-state index contributed by atoms with van der Waals surface area (Å²) in [5.74, 6) is 0. The van der Waals surface area contributed by atoms with Crippen LogP contribution in [0.1, 0.15) is 22.3 Å². The van der Waals surface area contributed by atoms with E-state index in [0.29, 0.717) is 0 Å². The topological polar surface area (TPSA) is 32.8 Å². The lowest BCUT2D eigenvalue weighted by atomic mass is 9.97. The third-order valence-corrected chi connectivity index (χ3v) is 12.0. The molecule has 2 heterocycles. The zero-order chi connectivity index (χ0) is 39.1. The van der Waals surface area contributed by atoms with Gasteiger partial charge in [0.2, 0.25) is 0 Å². The molecule has 0 aliphatic carbocycles. The van der Waals surface area contributed by atoms with Gasteiger partial charge in [-0.05, 0) is 145 Å². The van der Waals surface area contributed by atoms with Crippen LogP contribution in [0.2, 0.25) is 0 Å². The van der Waals surface area contributed by atoms with Gasteiger partial charge in [0.1, 0.15) is 22.3 Å². The predicted molar refractivity (Wildman–Crippen MR) is 244 cm³/mol. The van der Waals surface area contributed by atoms with Gasteiger partial charge in [-0.3, -0.25) is 0 Å². The fourth-order valence-electron chi connectivity index (χ4n) is 9.07. The zero-order valence-electron chi connectivity index (χ0n) is 32.9. The Bertz CT molecular complexity index is 3170. The van der Waals surface area contributed by atoms with Crippen molar-refractivity contribution in [2.75, 3.05) is 9.80 Å². The molecule has 0 bridgehead atoms. The van der Waals surface area contributed by atoms with E-state index in [0.717, 1.165) is 111 Å². The number of fused-ring (bicyclic) bond motifs is 8. The molecular formula is C54H40N2O2. The largest absolute Gasteiger partial charge is 0.456 e. The lowest BCUT2D eigenvalue weighted by Gasteiger charge is -2.27. The van der Waals surface area contributed by atoms with Crippen molar-refractivity contribution in [1.82, 2.24) is 0 Å². The summed E-state index contributed by atoms with van der Waals surface area (Å²) in [6.07, 6.45) is 0. The van der Waals surface area contributed by atoms with Crippen LogP contribution in [0.5, 0.6) is 0 Å². The van der Waals surface area contributed by atoms with Crippen LogP contribution in [0.3, 0.4) is 0 Å². The Hall–Kier alpha value is -7.30. The van der Waals surface area contributed by atoms with E-state index in [9.17, 15) is 0 Å². The standard InChI is InChI=1S/C54H40N2O2/c1-33-15-11-13-21-47(33)55(41-17-7-5-8-18-41)43-25-23-37-29-45-49(31-39(37)27-43)57-53-36(4)52-46-30-38-24-26-44(28-40(38)32-50(46)58-54(52)35(3)51(45)53)56(42-19-9-6-10-20-42)48-22-14-12-16-34(48)2/h5-32H,1-4H3. The molecule has 4 heteroatoms. The molecule has 0 N–H and O–H groups in total. The summed E-state index contributed by atoms with van der Waals surface area (Å²) in [5, 5.41) is 9.00. The molecule has 0 radical (unpaired) electrons. The predicted octanol–water partition coefficient (Wildman–Crippen LogP) is 16.0. The third kappa shape index (κ3) is 5.29. The lowest BCUT2D eigenvalue weighted by molar-refractivity contribution is 0.660. The molecule has 9 aromatic carbocycles. The van der Waals surface area contributed by atoms with E-state index < -0.39 is 0 Å². The average molecular weight is 749 g/mol. The summed E-state index contributed by atoms with van der Waals surface area (Å²) in [4.78, 5) is 4.67. The Morgan fingerprint density at radius 2 is 0.741 bits per heavy atom. The number of anilines is 6. The summed E-state index contributed by atoms with van der Waals surface area (Å²) >= 11 is 0. The number of aryl methyl sites for hydroxylation is 4. The van der Waals surface area contributed by atoms with Crippen LogP contribution < -0.4 is 9.80 Å². The van der Waals surface area contributed by atoms with E-state index in [1.807, 2.05) is 0 Å². The van der Waals surface area contributed by atoms with Crippen molar-refractivity contribution in [3.05, 3.63) is 192 Å². The van der Waals surface area contributed by atoms with E-state index in [2.05, 4.69) is 207 Å². The summed E-state index contributed by atoms with van der Waals surface area (Å²) in [7, 11) is 0. The molecule has 0 aliphatic heterocycles. The zero-order valence-corrected chi connectivity index (χ0v) is 32.9. The smallest absolute Gasteiger partial charge is 0.139 e. The molecule has 0 atom stereocenters. The van der Waals surface area contributed by atoms with Gasteiger partial charge in [-0.15, -0.1) is 0 Å². The fraction of sp³-hybridized carbons (Fsp3) is 0.0741. The second-order valence-electron chi connectivity index (χ2n) is 15.5. The lowest BCUT2D eigenvalue weighted by Crippen LogP contribution is -2.11. The van der Waals surface area contributed by atoms with Crippen molar-refractivity contribution < 1.29 is 8.83 Å². The number of benzene rings is 9. The monoisotopic (exact) mass is 748 g/mol.